The highest BCUT2D eigenvalue weighted by Crippen LogP contribution is 2.30. The number of benzene rings is 2. The van der Waals surface area contributed by atoms with Gasteiger partial charge in [-0.25, -0.2) is 0 Å². The number of hydrogen-bond donors (Lipinski definition) is 1. The van der Waals surface area contributed by atoms with Crippen LogP contribution in [0.3, 0.4) is 0 Å². The molecule has 0 heterocycles. The molecule has 0 aliphatic carbocycles. The molecule has 0 saturated carbocycles. The number of halogens is 2. The summed E-state index contributed by atoms with van der Waals surface area (Å²) in [4.78, 5) is 0. The Labute approximate surface area is 128 Å². The average molecular weight is 306 g/mol. The molecule has 0 fully saturated rings. The Bertz CT molecular complexity index is 635. The van der Waals surface area contributed by atoms with E-state index in [1.54, 1.807) is 6.07 Å². The van der Waals surface area contributed by atoms with Crippen LogP contribution in [0.2, 0.25) is 10.0 Å². The van der Waals surface area contributed by atoms with E-state index in [2.05, 4.69) is 11.2 Å². The molecule has 0 aromatic heterocycles. The fraction of sp³-hybridized carbons (Fsp3) is 0.125. The SMILES string of the molecule is C#CCOc1ccccc1CNc1cccc(Cl)c1Cl. The van der Waals surface area contributed by atoms with Crippen LogP contribution in [0.4, 0.5) is 5.69 Å². The predicted molar refractivity (Wildman–Crippen MR) is 84.6 cm³/mol. The number of rotatable bonds is 5. The first kappa shape index (κ1) is 14.6. The van der Waals surface area contributed by atoms with Gasteiger partial charge in [-0.3, -0.25) is 0 Å². The highest BCUT2D eigenvalue weighted by atomic mass is 35.5. The van der Waals surface area contributed by atoms with E-state index in [4.69, 9.17) is 34.4 Å². The highest BCUT2D eigenvalue weighted by Gasteiger charge is 2.06. The third-order valence-corrected chi connectivity index (χ3v) is 3.52. The zero-order chi connectivity index (χ0) is 14.4. The maximum absolute atomic E-state index is 6.13. The first-order valence-electron chi connectivity index (χ1n) is 6.04. The second-order valence-electron chi connectivity index (χ2n) is 4.06. The summed E-state index contributed by atoms with van der Waals surface area (Å²) in [6.07, 6.45) is 5.21. The fourth-order valence-corrected chi connectivity index (χ4v) is 2.11. The van der Waals surface area contributed by atoms with Gasteiger partial charge in [-0.1, -0.05) is 53.4 Å². The minimum atomic E-state index is 0.245. The second kappa shape index (κ2) is 7.09. The molecule has 0 unspecified atom stereocenters. The van der Waals surface area contributed by atoms with Crippen LogP contribution in [-0.4, -0.2) is 6.61 Å². The second-order valence-corrected chi connectivity index (χ2v) is 4.84. The Kier molecular flexibility index (Phi) is 5.17. The lowest BCUT2D eigenvalue weighted by molar-refractivity contribution is 0.366. The summed E-state index contributed by atoms with van der Waals surface area (Å²) >= 11 is 12.1. The van der Waals surface area contributed by atoms with Crippen LogP contribution in [0.25, 0.3) is 0 Å². The molecular formula is C16H13Cl2NO. The van der Waals surface area contributed by atoms with Crippen molar-refractivity contribution in [3.8, 4) is 18.1 Å². The van der Waals surface area contributed by atoms with Gasteiger partial charge in [0.15, 0.2) is 0 Å². The molecule has 0 amide bonds. The lowest BCUT2D eigenvalue weighted by Crippen LogP contribution is -2.04. The van der Waals surface area contributed by atoms with E-state index in [1.165, 1.54) is 0 Å². The van der Waals surface area contributed by atoms with Crippen LogP contribution in [0, 0.1) is 12.3 Å². The summed E-state index contributed by atoms with van der Waals surface area (Å²) in [7, 11) is 0. The maximum Gasteiger partial charge on any atom is 0.148 e. The number of anilines is 1. The number of ether oxygens (including phenoxy) is 1. The van der Waals surface area contributed by atoms with Crippen LogP contribution in [0.1, 0.15) is 5.56 Å². The summed E-state index contributed by atoms with van der Waals surface area (Å²) in [5, 5.41) is 4.27. The fourth-order valence-electron chi connectivity index (χ4n) is 1.74. The van der Waals surface area contributed by atoms with Gasteiger partial charge in [0.2, 0.25) is 0 Å². The zero-order valence-electron chi connectivity index (χ0n) is 10.7. The number of terminal acetylenes is 1. The summed E-state index contributed by atoms with van der Waals surface area (Å²) < 4.78 is 5.49. The third-order valence-electron chi connectivity index (χ3n) is 2.70. The molecular weight excluding hydrogens is 293 g/mol. The molecule has 2 rings (SSSR count). The van der Waals surface area contributed by atoms with Crippen LogP contribution in [0.15, 0.2) is 42.5 Å². The monoisotopic (exact) mass is 305 g/mol. The van der Waals surface area contributed by atoms with Gasteiger partial charge in [-0.05, 0) is 18.2 Å². The molecule has 20 heavy (non-hydrogen) atoms. The lowest BCUT2D eigenvalue weighted by Gasteiger charge is -2.12. The Morgan fingerprint density at radius 2 is 1.90 bits per heavy atom. The summed E-state index contributed by atoms with van der Waals surface area (Å²) in [5.41, 5.74) is 1.78. The van der Waals surface area contributed by atoms with Gasteiger partial charge >= 0.3 is 0 Å². The lowest BCUT2D eigenvalue weighted by atomic mass is 10.2. The largest absolute Gasteiger partial charge is 0.481 e. The van der Waals surface area contributed by atoms with Crippen molar-refractivity contribution < 1.29 is 4.74 Å². The minimum Gasteiger partial charge on any atom is -0.481 e. The van der Waals surface area contributed by atoms with E-state index in [0.29, 0.717) is 16.6 Å². The molecule has 0 aliphatic heterocycles. The van der Waals surface area contributed by atoms with Gasteiger partial charge < -0.3 is 10.1 Å². The summed E-state index contributed by atoms with van der Waals surface area (Å²) in [6, 6.07) is 13.2. The van der Waals surface area contributed by atoms with E-state index in [9.17, 15) is 0 Å². The van der Waals surface area contributed by atoms with Gasteiger partial charge in [0.1, 0.15) is 12.4 Å². The number of hydrogen-bond acceptors (Lipinski definition) is 2. The normalized spacial score (nSPS) is 9.85. The number of para-hydroxylation sites is 1. The van der Waals surface area contributed by atoms with Crippen LogP contribution < -0.4 is 10.1 Å². The summed E-state index contributed by atoms with van der Waals surface area (Å²) in [5.74, 6) is 3.21. The molecule has 0 radical (unpaired) electrons. The molecule has 2 aromatic carbocycles. The molecule has 0 bridgehead atoms. The molecule has 0 aliphatic rings. The molecule has 2 aromatic rings. The maximum atomic E-state index is 6.13. The Balaban J connectivity index is 2.11. The van der Waals surface area contributed by atoms with Crippen LogP contribution in [0.5, 0.6) is 5.75 Å². The molecule has 0 saturated heterocycles. The van der Waals surface area contributed by atoms with Crippen LogP contribution in [-0.2, 0) is 6.54 Å². The topological polar surface area (TPSA) is 21.3 Å². The van der Waals surface area contributed by atoms with Gasteiger partial charge in [0, 0.05) is 12.1 Å². The van der Waals surface area contributed by atoms with Gasteiger partial charge in [-0.15, -0.1) is 6.42 Å². The van der Waals surface area contributed by atoms with Crippen molar-refractivity contribution in [2.45, 2.75) is 6.54 Å². The van der Waals surface area contributed by atoms with E-state index >= 15 is 0 Å². The smallest absolute Gasteiger partial charge is 0.148 e. The van der Waals surface area contributed by atoms with Gasteiger partial charge in [0.25, 0.3) is 0 Å². The first-order valence-corrected chi connectivity index (χ1v) is 6.80. The van der Waals surface area contributed by atoms with Crippen molar-refractivity contribution in [3.05, 3.63) is 58.1 Å². The van der Waals surface area contributed by atoms with Crippen molar-refractivity contribution in [2.24, 2.45) is 0 Å². The third kappa shape index (κ3) is 3.60. The van der Waals surface area contributed by atoms with Crippen molar-refractivity contribution in [1.82, 2.24) is 0 Å². The Morgan fingerprint density at radius 3 is 2.70 bits per heavy atom. The predicted octanol–water partition coefficient (Wildman–Crippen LogP) is 4.62. The average Bonchev–Trinajstić information content (AvgIpc) is 2.47. The van der Waals surface area contributed by atoms with Crippen LogP contribution >= 0.6 is 23.2 Å². The van der Waals surface area contributed by atoms with E-state index in [1.807, 2.05) is 36.4 Å². The van der Waals surface area contributed by atoms with Crippen molar-refractivity contribution in [2.75, 3.05) is 11.9 Å². The van der Waals surface area contributed by atoms with Crippen molar-refractivity contribution in [3.63, 3.8) is 0 Å². The van der Waals surface area contributed by atoms with Gasteiger partial charge in [-0.2, -0.15) is 0 Å². The van der Waals surface area contributed by atoms with Crippen molar-refractivity contribution >= 4 is 28.9 Å². The highest BCUT2D eigenvalue weighted by molar-refractivity contribution is 6.43. The summed E-state index contributed by atoms with van der Waals surface area (Å²) in [6.45, 7) is 0.815. The number of nitrogens with one attached hydrogen (secondary N) is 1. The molecule has 102 valence electrons. The van der Waals surface area contributed by atoms with E-state index < -0.39 is 0 Å². The first-order chi connectivity index (χ1) is 9.72. The molecule has 1 N–H and O–H groups in total. The standard InChI is InChI=1S/C16H13Cl2NO/c1-2-10-20-15-9-4-3-6-12(15)11-19-14-8-5-7-13(17)16(14)18/h1,3-9,19H,10-11H2. The minimum absolute atomic E-state index is 0.245. The van der Waals surface area contributed by atoms with Gasteiger partial charge in [0.05, 0.1) is 15.7 Å². The molecule has 0 atom stereocenters. The molecule has 2 nitrogen and oxygen atoms in total. The zero-order valence-corrected chi connectivity index (χ0v) is 12.2. The Morgan fingerprint density at radius 1 is 1.10 bits per heavy atom. The van der Waals surface area contributed by atoms with E-state index in [0.717, 1.165) is 17.0 Å². The quantitative estimate of drug-likeness (QED) is 0.814. The molecule has 0 spiro atoms. The van der Waals surface area contributed by atoms with Crippen molar-refractivity contribution in [1.29, 1.82) is 0 Å². The van der Waals surface area contributed by atoms with E-state index in [-0.39, 0.29) is 6.61 Å². The molecule has 4 heteroatoms. The Hall–Kier alpha value is -1.82.